The molecule has 1 aliphatic rings. The van der Waals surface area contributed by atoms with E-state index in [4.69, 9.17) is 4.84 Å². The number of rotatable bonds is 3. The molecule has 0 aromatic heterocycles. The van der Waals surface area contributed by atoms with Gasteiger partial charge in [0, 0.05) is 26.7 Å². The Labute approximate surface area is 68.0 Å². The zero-order chi connectivity index (χ0) is 8.27. The summed E-state index contributed by atoms with van der Waals surface area (Å²) in [6, 6.07) is 0. The maximum absolute atomic E-state index is 5.02. The topological polar surface area (TPSA) is 24.5 Å². The zero-order valence-corrected chi connectivity index (χ0v) is 7.48. The molecule has 0 spiro atoms. The van der Waals surface area contributed by atoms with Gasteiger partial charge in [0.1, 0.15) is 0 Å². The molecule has 0 radical (unpaired) electrons. The Hall–Kier alpha value is -0.380. The van der Waals surface area contributed by atoms with E-state index in [9.17, 15) is 0 Å². The van der Waals surface area contributed by atoms with E-state index in [1.807, 2.05) is 12.1 Å². The van der Waals surface area contributed by atoms with Crippen molar-refractivity contribution >= 4 is 0 Å². The molecule has 0 bridgehead atoms. The molecular weight excluding hydrogens is 140 g/mol. The molecule has 1 saturated heterocycles. The number of nitrogens with zero attached hydrogens (tertiary/aromatic N) is 1. The van der Waals surface area contributed by atoms with Crippen molar-refractivity contribution in [2.24, 2.45) is 0 Å². The van der Waals surface area contributed by atoms with Crippen LogP contribution in [0.4, 0.5) is 0 Å². The molecule has 0 aromatic carbocycles. The summed E-state index contributed by atoms with van der Waals surface area (Å²) in [7, 11) is 3.63. The number of hydrogen-bond acceptors (Lipinski definition) is 3. The lowest BCUT2D eigenvalue weighted by molar-refractivity contribution is -0.101. The van der Waals surface area contributed by atoms with Gasteiger partial charge in [-0.1, -0.05) is 5.57 Å². The van der Waals surface area contributed by atoms with Gasteiger partial charge in [0.05, 0.1) is 7.11 Å². The first kappa shape index (κ1) is 8.71. The summed E-state index contributed by atoms with van der Waals surface area (Å²) in [6.45, 7) is 5.19. The Balaban J connectivity index is 2.35. The quantitative estimate of drug-likeness (QED) is 0.473. The van der Waals surface area contributed by atoms with Crippen LogP contribution >= 0.6 is 0 Å². The predicted molar refractivity (Wildman–Crippen MR) is 45.2 cm³/mol. The predicted octanol–water partition coefficient (Wildman–Crippen LogP) is 0.399. The van der Waals surface area contributed by atoms with Gasteiger partial charge < -0.3 is 10.2 Å². The molecule has 1 N–H and O–H groups in total. The van der Waals surface area contributed by atoms with Crippen LogP contribution in [-0.4, -0.2) is 38.9 Å². The summed E-state index contributed by atoms with van der Waals surface area (Å²) in [5.74, 6) is 0. The molecule has 1 aliphatic heterocycles. The third-order valence-corrected chi connectivity index (χ3v) is 2.05. The second-order valence-corrected chi connectivity index (χ2v) is 2.96. The minimum absolute atomic E-state index is 0.910. The standard InChI is InChI=1S/C8H16N2O/c1-7(6-10(2)11-3)8-4-9-5-8/h9H,4-6H2,1-3H3. The van der Waals surface area contributed by atoms with Crippen molar-refractivity contribution in [2.45, 2.75) is 6.92 Å². The van der Waals surface area contributed by atoms with Gasteiger partial charge in [-0.15, -0.1) is 0 Å². The number of hydroxylamine groups is 2. The Morgan fingerprint density at radius 2 is 2.27 bits per heavy atom. The molecule has 64 valence electrons. The SMILES string of the molecule is CON(C)CC(C)=C1CNC1. The monoisotopic (exact) mass is 156 g/mol. The van der Waals surface area contributed by atoms with Crippen LogP contribution in [0.25, 0.3) is 0 Å². The maximum atomic E-state index is 5.02. The average Bonchev–Trinajstić information content (AvgIpc) is 1.83. The third-order valence-electron chi connectivity index (χ3n) is 2.05. The van der Waals surface area contributed by atoms with Gasteiger partial charge in [-0.2, -0.15) is 5.06 Å². The molecule has 0 atom stereocenters. The minimum atomic E-state index is 0.910. The Morgan fingerprint density at radius 1 is 1.64 bits per heavy atom. The van der Waals surface area contributed by atoms with E-state index < -0.39 is 0 Å². The fraction of sp³-hybridized carbons (Fsp3) is 0.750. The van der Waals surface area contributed by atoms with Crippen molar-refractivity contribution in [1.82, 2.24) is 10.4 Å². The van der Waals surface area contributed by atoms with Gasteiger partial charge in [0.25, 0.3) is 0 Å². The maximum Gasteiger partial charge on any atom is 0.0575 e. The lowest BCUT2D eigenvalue weighted by Gasteiger charge is -2.24. The van der Waals surface area contributed by atoms with Gasteiger partial charge >= 0.3 is 0 Å². The van der Waals surface area contributed by atoms with Gasteiger partial charge in [0.15, 0.2) is 0 Å². The van der Waals surface area contributed by atoms with Crippen LogP contribution in [0.5, 0.6) is 0 Å². The Kier molecular flexibility index (Phi) is 3.05. The largest absolute Gasteiger partial charge is 0.309 e. The molecule has 0 unspecified atom stereocenters. The highest BCUT2D eigenvalue weighted by Gasteiger charge is 2.11. The zero-order valence-electron chi connectivity index (χ0n) is 7.48. The summed E-state index contributed by atoms with van der Waals surface area (Å²) in [4.78, 5) is 5.02. The first-order valence-corrected chi connectivity index (χ1v) is 3.87. The lowest BCUT2D eigenvalue weighted by atomic mass is 10.1. The van der Waals surface area contributed by atoms with E-state index in [2.05, 4.69) is 12.2 Å². The molecule has 0 aliphatic carbocycles. The summed E-state index contributed by atoms with van der Waals surface area (Å²) >= 11 is 0. The van der Waals surface area contributed by atoms with Crippen LogP contribution in [0.15, 0.2) is 11.1 Å². The van der Waals surface area contributed by atoms with Crippen LogP contribution in [0, 0.1) is 0 Å². The number of likely N-dealkylation sites (N-methyl/N-ethyl adjacent to an activating group) is 1. The van der Waals surface area contributed by atoms with E-state index >= 15 is 0 Å². The van der Waals surface area contributed by atoms with Crippen molar-refractivity contribution in [3.63, 3.8) is 0 Å². The van der Waals surface area contributed by atoms with Crippen LogP contribution in [0.1, 0.15) is 6.92 Å². The Bertz CT molecular complexity index is 159. The van der Waals surface area contributed by atoms with Gasteiger partial charge in [0.2, 0.25) is 0 Å². The molecule has 11 heavy (non-hydrogen) atoms. The molecule has 1 fully saturated rings. The molecule has 0 aromatic rings. The molecule has 1 heterocycles. The smallest absolute Gasteiger partial charge is 0.0575 e. The molecule has 0 amide bonds. The van der Waals surface area contributed by atoms with E-state index in [0.717, 1.165) is 19.6 Å². The van der Waals surface area contributed by atoms with Gasteiger partial charge in [-0.25, -0.2) is 0 Å². The highest BCUT2D eigenvalue weighted by Crippen LogP contribution is 2.09. The summed E-state index contributed by atoms with van der Waals surface area (Å²) in [5.41, 5.74) is 2.95. The second kappa shape index (κ2) is 3.85. The van der Waals surface area contributed by atoms with Crippen molar-refractivity contribution in [1.29, 1.82) is 0 Å². The van der Waals surface area contributed by atoms with Crippen LogP contribution < -0.4 is 5.32 Å². The normalized spacial score (nSPS) is 16.9. The fourth-order valence-electron chi connectivity index (χ4n) is 1.06. The van der Waals surface area contributed by atoms with Crippen molar-refractivity contribution in [2.75, 3.05) is 33.8 Å². The van der Waals surface area contributed by atoms with E-state index in [1.165, 1.54) is 11.1 Å². The third kappa shape index (κ3) is 2.29. The summed E-state index contributed by atoms with van der Waals surface area (Å²) in [5, 5.41) is 5.05. The van der Waals surface area contributed by atoms with Crippen LogP contribution in [0.2, 0.25) is 0 Å². The van der Waals surface area contributed by atoms with Gasteiger partial charge in [-0.05, 0) is 12.5 Å². The van der Waals surface area contributed by atoms with Gasteiger partial charge in [-0.3, -0.25) is 0 Å². The first-order chi connectivity index (χ1) is 5.24. The summed E-state index contributed by atoms with van der Waals surface area (Å²) in [6.07, 6.45) is 0. The minimum Gasteiger partial charge on any atom is -0.309 e. The number of hydrogen-bond donors (Lipinski definition) is 1. The Morgan fingerprint density at radius 3 is 2.64 bits per heavy atom. The first-order valence-electron chi connectivity index (χ1n) is 3.87. The molecule has 3 nitrogen and oxygen atoms in total. The average molecular weight is 156 g/mol. The molecule has 3 heteroatoms. The van der Waals surface area contributed by atoms with Crippen molar-refractivity contribution < 1.29 is 4.84 Å². The molecular formula is C8H16N2O. The summed E-state index contributed by atoms with van der Waals surface area (Å²) < 4.78 is 0. The van der Waals surface area contributed by atoms with Crippen LogP contribution in [-0.2, 0) is 4.84 Å². The fourth-order valence-corrected chi connectivity index (χ4v) is 1.06. The van der Waals surface area contributed by atoms with Crippen molar-refractivity contribution in [3.8, 4) is 0 Å². The van der Waals surface area contributed by atoms with E-state index in [0.29, 0.717) is 0 Å². The molecule has 1 rings (SSSR count). The van der Waals surface area contributed by atoms with Crippen LogP contribution in [0.3, 0.4) is 0 Å². The second-order valence-electron chi connectivity index (χ2n) is 2.96. The van der Waals surface area contributed by atoms with E-state index in [-0.39, 0.29) is 0 Å². The highest BCUT2D eigenvalue weighted by atomic mass is 16.7. The highest BCUT2D eigenvalue weighted by molar-refractivity contribution is 5.22. The lowest BCUT2D eigenvalue weighted by Crippen LogP contribution is -2.36. The number of nitrogens with one attached hydrogen (secondary N) is 1. The van der Waals surface area contributed by atoms with Crippen molar-refractivity contribution in [3.05, 3.63) is 11.1 Å². The molecule has 0 saturated carbocycles. The van der Waals surface area contributed by atoms with E-state index in [1.54, 1.807) is 7.11 Å².